The summed E-state index contributed by atoms with van der Waals surface area (Å²) in [5.74, 6) is -0.0422. The van der Waals surface area contributed by atoms with Crippen LogP contribution >= 0.6 is 0 Å². The lowest BCUT2D eigenvalue weighted by molar-refractivity contribution is -0.384. The number of non-ortho nitro benzene ring substituents is 1. The molecule has 1 aliphatic rings. The third-order valence-electron chi connectivity index (χ3n) is 5.13. The van der Waals surface area contributed by atoms with Crippen molar-refractivity contribution in [2.75, 3.05) is 44.7 Å². The molecular weight excluding hydrogens is 370 g/mol. The van der Waals surface area contributed by atoms with E-state index in [-0.39, 0.29) is 11.6 Å². The van der Waals surface area contributed by atoms with Crippen LogP contribution < -0.4 is 4.90 Å². The average molecular weight is 393 g/mol. The van der Waals surface area contributed by atoms with Crippen LogP contribution in [0.4, 0.5) is 11.4 Å². The normalized spacial score (nSPS) is 14.9. The number of nitrogens with zero attached hydrogens (tertiary/aromatic N) is 5. The summed E-state index contributed by atoms with van der Waals surface area (Å²) < 4.78 is 0. The van der Waals surface area contributed by atoms with Crippen molar-refractivity contribution in [2.24, 2.45) is 0 Å². The molecule has 2 aromatic carbocycles. The van der Waals surface area contributed by atoms with Gasteiger partial charge in [-0.3, -0.25) is 24.7 Å². The van der Waals surface area contributed by atoms with Gasteiger partial charge in [0.25, 0.3) is 5.69 Å². The summed E-state index contributed by atoms with van der Waals surface area (Å²) in [6.45, 7) is 4.49. The highest BCUT2D eigenvalue weighted by Crippen LogP contribution is 2.19. The molecule has 0 spiro atoms. The van der Waals surface area contributed by atoms with Gasteiger partial charge in [0.2, 0.25) is 5.91 Å². The summed E-state index contributed by atoms with van der Waals surface area (Å²) in [6.07, 6.45) is 0. The van der Waals surface area contributed by atoms with Gasteiger partial charge < -0.3 is 4.90 Å². The van der Waals surface area contributed by atoms with Gasteiger partial charge in [-0.2, -0.15) is 5.26 Å². The third kappa shape index (κ3) is 5.38. The number of nitro groups is 1. The van der Waals surface area contributed by atoms with Crippen LogP contribution in [0.1, 0.15) is 11.1 Å². The molecule has 1 saturated heterocycles. The zero-order chi connectivity index (χ0) is 20.8. The smallest absolute Gasteiger partial charge is 0.269 e. The minimum atomic E-state index is -0.455. The van der Waals surface area contributed by atoms with E-state index in [0.717, 1.165) is 32.7 Å². The second-order valence-electron chi connectivity index (χ2n) is 7.09. The Bertz CT molecular complexity index is 897. The van der Waals surface area contributed by atoms with Crippen LogP contribution in [0.5, 0.6) is 0 Å². The van der Waals surface area contributed by atoms with E-state index >= 15 is 0 Å². The van der Waals surface area contributed by atoms with E-state index in [1.165, 1.54) is 22.6 Å². The highest BCUT2D eigenvalue weighted by molar-refractivity contribution is 5.94. The number of rotatable bonds is 6. The van der Waals surface area contributed by atoms with Crippen LogP contribution in [0.15, 0.2) is 48.5 Å². The van der Waals surface area contributed by atoms with E-state index in [2.05, 4.69) is 15.9 Å². The van der Waals surface area contributed by atoms with Crippen molar-refractivity contribution in [3.05, 3.63) is 69.8 Å². The highest BCUT2D eigenvalue weighted by atomic mass is 16.6. The highest BCUT2D eigenvalue weighted by Gasteiger charge is 2.21. The maximum absolute atomic E-state index is 12.6. The molecule has 1 fully saturated rings. The number of hydrogen-bond donors (Lipinski definition) is 0. The molecular formula is C21H23N5O3. The van der Waals surface area contributed by atoms with Crippen LogP contribution in [-0.2, 0) is 11.3 Å². The minimum Gasteiger partial charge on any atom is -0.314 e. The summed E-state index contributed by atoms with van der Waals surface area (Å²) in [7, 11) is 1.69. The number of amides is 1. The number of piperazine rings is 1. The first-order valence-electron chi connectivity index (χ1n) is 9.41. The standard InChI is InChI=1S/C21H23N5O3/c1-23(19-6-8-20(9-7-19)26(28)29)21(27)16-25-12-10-24(11-13-25)15-18-4-2-17(14-22)3-5-18/h2-9H,10-13,15-16H2,1H3. The Balaban J connectivity index is 1.47. The number of carbonyl (C=O) groups excluding carboxylic acids is 1. The number of hydrogen-bond acceptors (Lipinski definition) is 6. The fraction of sp³-hybridized carbons (Fsp3) is 0.333. The topological polar surface area (TPSA) is 93.7 Å². The quantitative estimate of drug-likeness (QED) is 0.552. The molecule has 0 bridgehead atoms. The molecule has 1 heterocycles. The van der Waals surface area contributed by atoms with E-state index in [0.29, 0.717) is 17.8 Å². The lowest BCUT2D eigenvalue weighted by atomic mass is 10.1. The van der Waals surface area contributed by atoms with Crippen molar-refractivity contribution in [1.29, 1.82) is 5.26 Å². The van der Waals surface area contributed by atoms with Gasteiger partial charge in [-0.15, -0.1) is 0 Å². The summed E-state index contributed by atoms with van der Waals surface area (Å²) >= 11 is 0. The minimum absolute atomic E-state index is 0.00739. The molecule has 0 N–H and O–H groups in total. The monoisotopic (exact) mass is 393 g/mol. The SMILES string of the molecule is CN(C(=O)CN1CCN(Cc2ccc(C#N)cc2)CC1)c1ccc([N+](=O)[O-])cc1. The van der Waals surface area contributed by atoms with Gasteiger partial charge in [0, 0.05) is 57.6 Å². The Labute approximate surface area is 169 Å². The van der Waals surface area contributed by atoms with Crippen LogP contribution in [0.25, 0.3) is 0 Å². The molecule has 0 atom stereocenters. The lowest BCUT2D eigenvalue weighted by Crippen LogP contribution is -2.49. The van der Waals surface area contributed by atoms with Gasteiger partial charge in [-0.25, -0.2) is 0 Å². The molecule has 0 unspecified atom stereocenters. The first-order valence-corrected chi connectivity index (χ1v) is 9.41. The number of nitro benzene ring substituents is 1. The predicted octanol–water partition coefficient (Wildman–Crippen LogP) is 2.25. The lowest BCUT2D eigenvalue weighted by Gasteiger charge is -2.35. The molecule has 0 saturated carbocycles. The zero-order valence-corrected chi connectivity index (χ0v) is 16.3. The number of carbonyl (C=O) groups is 1. The summed E-state index contributed by atoms with van der Waals surface area (Å²) in [5, 5.41) is 19.6. The molecule has 150 valence electrons. The predicted molar refractivity (Wildman–Crippen MR) is 109 cm³/mol. The Morgan fingerprint density at radius 1 is 1.07 bits per heavy atom. The maximum Gasteiger partial charge on any atom is 0.269 e. The molecule has 0 aromatic heterocycles. The number of anilines is 1. The van der Waals surface area contributed by atoms with Crippen LogP contribution in [0.3, 0.4) is 0 Å². The van der Waals surface area contributed by atoms with Crippen molar-refractivity contribution >= 4 is 17.3 Å². The van der Waals surface area contributed by atoms with Gasteiger partial charge in [0.05, 0.1) is 23.1 Å². The molecule has 29 heavy (non-hydrogen) atoms. The fourth-order valence-electron chi connectivity index (χ4n) is 3.29. The van der Waals surface area contributed by atoms with E-state index in [9.17, 15) is 14.9 Å². The van der Waals surface area contributed by atoms with Crippen molar-refractivity contribution in [1.82, 2.24) is 9.80 Å². The third-order valence-corrected chi connectivity index (χ3v) is 5.13. The van der Waals surface area contributed by atoms with Gasteiger partial charge in [-0.1, -0.05) is 12.1 Å². The summed E-state index contributed by atoms with van der Waals surface area (Å²) in [6, 6.07) is 15.7. The van der Waals surface area contributed by atoms with Crippen molar-refractivity contribution in [3.8, 4) is 6.07 Å². The van der Waals surface area contributed by atoms with E-state index < -0.39 is 4.92 Å². The van der Waals surface area contributed by atoms with Gasteiger partial charge >= 0.3 is 0 Å². The van der Waals surface area contributed by atoms with Gasteiger partial charge in [0.1, 0.15) is 0 Å². The largest absolute Gasteiger partial charge is 0.314 e. The number of nitriles is 1. The van der Waals surface area contributed by atoms with Crippen molar-refractivity contribution in [2.45, 2.75) is 6.54 Å². The first kappa shape index (κ1) is 20.5. The molecule has 3 rings (SSSR count). The maximum atomic E-state index is 12.6. The van der Waals surface area contributed by atoms with E-state index in [4.69, 9.17) is 5.26 Å². The Hall–Kier alpha value is -3.28. The van der Waals surface area contributed by atoms with Crippen molar-refractivity contribution < 1.29 is 9.72 Å². The molecule has 1 aliphatic heterocycles. The second kappa shape index (κ2) is 9.28. The Morgan fingerprint density at radius 3 is 2.21 bits per heavy atom. The van der Waals surface area contributed by atoms with E-state index in [1.54, 1.807) is 19.2 Å². The zero-order valence-electron chi connectivity index (χ0n) is 16.3. The Morgan fingerprint density at radius 2 is 1.66 bits per heavy atom. The average Bonchev–Trinajstić information content (AvgIpc) is 2.75. The fourth-order valence-corrected chi connectivity index (χ4v) is 3.29. The van der Waals surface area contributed by atoms with Crippen molar-refractivity contribution in [3.63, 3.8) is 0 Å². The van der Waals surface area contributed by atoms with Crippen LogP contribution in [-0.4, -0.2) is 60.4 Å². The number of benzene rings is 2. The molecule has 0 radical (unpaired) electrons. The number of likely N-dealkylation sites (N-methyl/N-ethyl adjacent to an activating group) is 1. The summed E-state index contributed by atoms with van der Waals surface area (Å²) in [4.78, 5) is 28.9. The summed E-state index contributed by atoms with van der Waals surface area (Å²) in [5.41, 5.74) is 2.48. The first-order chi connectivity index (χ1) is 14.0. The molecule has 8 nitrogen and oxygen atoms in total. The van der Waals surface area contributed by atoms with Gasteiger partial charge in [0.15, 0.2) is 0 Å². The van der Waals surface area contributed by atoms with Crippen LogP contribution in [0.2, 0.25) is 0 Å². The Kier molecular flexibility index (Phi) is 6.54. The molecule has 0 aliphatic carbocycles. The molecule has 8 heteroatoms. The molecule has 1 amide bonds. The van der Waals surface area contributed by atoms with E-state index in [1.807, 2.05) is 24.3 Å². The van der Waals surface area contributed by atoms with Gasteiger partial charge in [-0.05, 0) is 29.8 Å². The van der Waals surface area contributed by atoms with Crippen LogP contribution in [0, 0.1) is 21.4 Å². The molecule has 2 aromatic rings. The second-order valence-corrected chi connectivity index (χ2v) is 7.09.